The summed E-state index contributed by atoms with van der Waals surface area (Å²) >= 11 is 0. The van der Waals surface area contributed by atoms with Crippen LogP contribution in [0.5, 0.6) is 0 Å². The van der Waals surface area contributed by atoms with Gasteiger partial charge in [-0.3, -0.25) is 9.59 Å². The monoisotopic (exact) mass is 507 g/mol. The van der Waals surface area contributed by atoms with Crippen molar-refractivity contribution in [3.63, 3.8) is 0 Å². The molecule has 2 amide bonds. The first kappa shape index (κ1) is 25.2. The van der Waals surface area contributed by atoms with Gasteiger partial charge in [0.15, 0.2) is 0 Å². The van der Waals surface area contributed by atoms with Crippen LogP contribution in [0.4, 0.5) is 10.1 Å². The van der Waals surface area contributed by atoms with Gasteiger partial charge >= 0.3 is 0 Å². The second kappa shape index (κ2) is 10.9. The van der Waals surface area contributed by atoms with Crippen molar-refractivity contribution in [2.75, 3.05) is 11.4 Å². The number of anilines is 1. The number of carbonyl (C=O) groups excluding carboxylic acids is 2. The third-order valence-corrected chi connectivity index (χ3v) is 7.12. The molecule has 1 aliphatic rings. The van der Waals surface area contributed by atoms with E-state index in [1.54, 1.807) is 30.3 Å². The fourth-order valence-corrected chi connectivity index (χ4v) is 5.08. The molecule has 1 heterocycles. The highest BCUT2D eigenvalue weighted by Gasteiger charge is 2.21. The maximum Gasteiger partial charge on any atom is 0.251 e. The predicted molar refractivity (Wildman–Crippen MR) is 148 cm³/mol. The Morgan fingerprint density at radius 3 is 2.50 bits per heavy atom. The third kappa shape index (κ3) is 5.30. The number of amides is 2. The molecular formula is C32H30FN3O2. The molecule has 1 aliphatic heterocycles. The molecule has 0 bridgehead atoms. The molecule has 0 aromatic heterocycles. The van der Waals surface area contributed by atoms with Crippen LogP contribution in [0.1, 0.15) is 56.8 Å². The van der Waals surface area contributed by atoms with Crippen molar-refractivity contribution >= 4 is 17.5 Å². The normalized spacial score (nSPS) is 13.5. The summed E-state index contributed by atoms with van der Waals surface area (Å²) in [6, 6.07) is 27.5. The van der Waals surface area contributed by atoms with Gasteiger partial charge in [-0.25, -0.2) is 4.39 Å². The first-order chi connectivity index (χ1) is 18.4. The maximum atomic E-state index is 15.2. The number of carbonyl (C=O) groups is 2. The second-order valence-corrected chi connectivity index (χ2v) is 9.69. The molecule has 38 heavy (non-hydrogen) atoms. The fourth-order valence-electron chi connectivity index (χ4n) is 5.08. The highest BCUT2D eigenvalue weighted by molar-refractivity contribution is 5.99. The number of hydrogen-bond acceptors (Lipinski definition) is 3. The summed E-state index contributed by atoms with van der Waals surface area (Å²) in [7, 11) is 0. The van der Waals surface area contributed by atoms with Gasteiger partial charge in [0.2, 0.25) is 5.91 Å². The van der Waals surface area contributed by atoms with E-state index >= 15 is 4.39 Å². The third-order valence-electron chi connectivity index (χ3n) is 7.12. The molecule has 4 aromatic rings. The zero-order chi connectivity index (χ0) is 26.6. The van der Waals surface area contributed by atoms with E-state index in [0.717, 1.165) is 36.2 Å². The minimum absolute atomic E-state index is 0.0999. The van der Waals surface area contributed by atoms with E-state index in [0.29, 0.717) is 34.4 Å². The van der Waals surface area contributed by atoms with Crippen LogP contribution in [0, 0.1) is 5.82 Å². The van der Waals surface area contributed by atoms with E-state index in [1.807, 2.05) is 61.5 Å². The van der Waals surface area contributed by atoms with Crippen molar-refractivity contribution in [3.05, 3.63) is 125 Å². The Bertz CT molecular complexity index is 1490. The average molecular weight is 508 g/mol. The van der Waals surface area contributed by atoms with E-state index in [-0.39, 0.29) is 17.8 Å². The predicted octanol–water partition coefficient (Wildman–Crippen LogP) is 6.04. The van der Waals surface area contributed by atoms with Crippen LogP contribution in [0.15, 0.2) is 91.0 Å². The summed E-state index contributed by atoms with van der Waals surface area (Å²) in [6.07, 6.45) is 1.79. The highest BCUT2D eigenvalue weighted by Crippen LogP contribution is 2.31. The van der Waals surface area contributed by atoms with Crippen molar-refractivity contribution < 1.29 is 14.0 Å². The number of primary amides is 1. The van der Waals surface area contributed by atoms with Crippen molar-refractivity contribution in [1.29, 1.82) is 0 Å². The van der Waals surface area contributed by atoms with Gasteiger partial charge < -0.3 is 16.0 Å². The SMILES string of the molecule is C[C@H](NC(=O)c1ccc2c(c1)CCCN2Cc1ccc(-c2ccccc2C(N)=O)cc1F)c1ccccc1. The number of fused-ring (bicyclic) bond motifs is 1. The molecule has 3 N–H and O–H groups in total. The molecule has 5 rings (SSSR count). The van der Waals surface area contributed by atoms with Gasteiger partial charge in [0.25, 0.3) is 5.91 Å². The van der Waals surface area contributed by atoms with Crippen molar-refractivity contribution in [2.45, 2.75) is 32.4 Å². The number of nitrogens with two attached hydrogens (primary N) is 1. The van der Waals surface area contributed by atoms with Crippen molar-refractivity contribution in [2.24, 2.45) is 5.73 Å². The quantitative estimate of drug-likeness (QED) is 0.320. The lowest BCUT2D eigenvalue weighted by molar-refractivity contribution is 0.0938. The molecular weight excluding hydrogens is 477 g/mol. The van der Waals surface area contributed by atoms with Crippen LogP contribution in [0.2, 0.25) is 0 Å². The minimum Gasteiger partial charge on any atom is -0.367 e. The molecule has 0 aliphatic carbocycles. The first-order valence-electron chi connectivity index (χ1n) is 12.8. The lowest BCUT2D eigenvalue weighted by Crippen LogP contribution is -2.30. The maximum absolute atomic E-state index is 15.2. The summed E-state index contributed by atoms with van der Waals surface area (Å²) in [4.78, 5) is 26.9. The van der Waals surface area contributed by atoms with Crippen LogP contribution >= 0.6 is 0 Å². The highest BCUT2D eigenvalue weighted by atomic mass is 19.1. The number of nitrogens with one attached hydrogen (secondary N) is 1. The number of aryl methyl sites for hydroxylation is 1. The first-order valence-corrected chi connectivity index (χ1v) is 12.8. The summed E-state index contributed by atoms with van der Waals surface area (Å²) in [6.45, 7) is 3.18. The lowest BCUT2D eigenvalue weighted by Gasteiger charge is -2.32. The van der Waals surface area contributed by atoms with Crippen molar-refractivity contribution in [1.82, 2.24) is 5.32 Å². The second-order valence-electron chi connectivity index (χ2n) is 9.69. The molecule has 4 aromatic carbocycles. The zero-order valence-electron chi connectivity index (χ0n) is 21.3. The topological polar surface area (TPSA) is 75.4 Å². The molecule has 0 spiro atoms. The van der Waals surface area contributed by atoms with E-state index < -0.39 is 5.91 Å². The average Bonchev–Trinajstić information content (AvgIpc) is 2.94. The summed E-state index contributed by atoms with van der Waals surface area (Å²) in [5.74, 6) is -0.989. The van der Waals surface area contributed by atoms with E-state index in [1.165, 1.54) is 6.07 Å². The Morgan fingerprint density at radius 1 is 0.974 bits per heavy atom. The van der Waals surface area contributed by atoms with E-state index in [2.05, 4.69) is 10.2 Å². The van der Waals surface area contributed by atoms with Gasteiger partial charge in [0.1, 0.15) is 5.82 Å². The van der Waals surface area contributed by atoms with Gasteiger partial charge in [-0.05, 0) is 72.4 Å². The molecule has 0 fully saturated rings. The Hall–Kier alpha value is -4.45. The molecule has 6 heteroatoms. The standard InChI is InChI=1S/C32H30FN3O2/c1-21(22-8-3-2-4-9-22)35-32(38)25-15-16-30-24(18-25)10-7-17-36(30)20-26-14-13-23(19-29(26)33)27-11-5-6-12-28(27)31(34)37/h2-6,8-9,11-16,18-19,21H,7,10,17,20H2,1H3,(H2,34,37)(H,35,38)/t21-/m0/s1. The molecule has 5 nitrogen and oxygen atoms in total. The Labute approximate surface area is 222 Å². The van der Waals surface area contributed by atoms with Gasteiger partial charge in [-0.1, -0.05) is 60.7 Å². The van der Waals surface area contributed by atoms with Gasteiger partial charge in [0.05, 0.1) is 6.04 Å². The number of halogens is 1. The number of benzene rings is 4. The molecule has 0 saturated heterocycles. The number of nitrogens with zero attached hydrogens (tertiary/aromatic N) is 1. The lowest BCUT2D eigenvalue weighted by atomic mass is 9.96. The van der Waals surface area contributed by atoms with Gasteiger partial charge in [-0.15, -0.1) is 0 Å². The summed E-state index contributed by atoms with van der Waals surface area (Å²) in [5.41, 5.74) is 11.4. The number of rotatable bonds is 7. The van der Waals surface area contributed by atoms with Gasteiger partial charge in [-0.2, -0.15) is 0 Å². The van der Waals surface area contributed by atoms with Crippen LogP contribution < -0.4 is 16.0 Å². The summed E-state index contributed by atoms with van der Waals surface area (Å²) in [5, 5.41) is 3.08. The van der Waals surface area contributed by atoms with Crippen LogP contribution in [-0.4, -0.2) is 18.4 Å². The summed E-state index contributed by atoms with van der Waals surface area (Å²) < 4.78 is 15.2. The van der Waals surface area contributed by atoms with Crippen LogP contribution in [0.25, 0.3) is 11.1 Å². The van der Waals surface area contributed by atoms with Gasteiger partial charge in [0, 0.05) is 35.5 Å². The number of hydrogen-bond donors (Lipinski definition) is 2. The molecule has 0 unspecified atom stereocenters. The molecule has 0 radical (unpaired) electrons. The Morgan fingerprint density at radius 2 is 1.74 bits per heavy atom. The zero-order valence-corrected chi connectivity index (χ0v) is 21.3. The molecule has 0 saturated carbocycles. The van der Waals surface area contributed by atoms with E-state index in [4.69, 9.17) is 5.73 Å². The van der Waals surface area contributed by atoms with E-state index in [9.17, 15) is 9.59 Å². The fraction of sp³-hybridized carbons (Fsp3) is 0.188. The minimum atomic E-state index is -0.544. The largest absolute Gasteiger partial charge is 0.367 e. The van der Waals surface area contributed by atoms with Crippen molar-refractivity contribution in [3.8, 4) is 11.1 Å². The Kier molecular flexibility index (Phi) is 7.22. The molecule has 192 valence electrons. The molecule has 1 atom stereocenters. The van der Waals surface area contributed by atoms with Crippen LogP contribution in [-0.2, 0) is 13.0 Å². The van der Waals surface area contributed by atoms with Crippen LogP contribution in [0.3, 0.4) is 0 Å². The smallest absolute Gasteiger partial charge is 0.251 e. The Balaban J connectivity index is 1.33.